The van der Waals surface area contributed by atoms with Gasteiger partial charge >= 0.3 is 0 Å². The van der Waals surface area contributed by atoms with Crippen LogP contribution in [0.5, 0.6) is 0 Å². The molecule has 0 aliphatic rings. The summed E-state index contributed by atoms with van der Waals surface area (Å²) in [7, 11) is 0. The maximum Gasteiger partial charge on any atom is 0.169 e. The SMILES string of the molecule is Nc1cc(F)c(F)[c]c1F. The van der Waals surface area contributed by atoms with Crippen molar-refractivity contribution in [1.29, 1.82) is 0 Å². The van der Waals surface area contributed by atoms with Gasteiger partial charge in [-0.15, -0.1) is 0 Å². The van der Waals surface area contributed by atoms with Gasteiger partial charge in [0.25, 0.3) is 0 Å². The Morgan fingerprint density at radius 1 is 1.20 bits per heavy atom. The van der Waals surface area contributed by atoms with Crippen LogP contribution in [0.1, 0.15) is 0 Å². The Morgan fingerprint density at radius 2 is 1.80 bits per heavy atom. The van der Waals surface area contributed by atoms with E-state index in [1.54, 1.807) is 0 Å². The molecule has 0 saturated heterocycles. The number of nitrogens with two attached hydrogens (primary N) is 1. The van der Waals surface area contributed by atoms with Gasteiger partial charge in [0.1, 0.15) is 0 Å². The van der Waals surface area contributed by atoms with E-state index in [-0.39, 0.29) is 0 Å². The highest BCUT2D eigenvalue weighted by Gasteiger charge is 2.06. The number of anilines is 1. The van der Waals surface area contributed by atoms with Crippen LogP contribution in [0.2, 0.25) is 0 Å². The van der Waals surface area contributed by atoms with Gasteiger partial charge < -0.3 is 5.73 Å². The predicted molar refractivity (Wildman–Crippen MR) is 29.6 cm³/mol. The molecule has 53 valence electrons. The van der Waals surface area contributed by atoms with Crippen molar-refractivity contribution in [2.24, 2.45) is 0 Å². The zero-order valence-corrected chi connectivity index (χ0v) is 4.79. The van der Waals surface area contributed by atoms with E-state index in [9.17, 15) is 13.2 Å². The number of hydrogen-bond acceptors (Lipinski definition) is 1. The molecule has 1 rings (SSSR count). The summed E-state index contributed by atoms with van der Waals surface area (Å²) >= 11 is 0. The molecule has 0 fully saturated rings. The van der Waals surface area contributed by atoms with E-state index in [0.717, 1.165) is 0 Å². The van der Waals surface area contributed by atoms with Gasteiger partial charge in [-0.05, 0) is 0 Å². The molecule has 1 aromatic carbocycles. The minimum atomic E-state index is -1.35. The molecule has 0 aromatic heterocycles. The summed E-state index contributed by atoms with van der Waals surface area (Å²) in [6, 6.07) is 2.04. The third-order valence-electron chi connectivity index (χ3n) is 0.965. The molecule has 0 unspecified atom stereocenters. The molecule has 0 spiro atoms. The number of nitrogen functional groups attached to an aromatic ring is 1. The van der Waals surface area contributed by atoms with Crippen LogP contribution in [0.3, 0.4) is 0 Å². The Morgan fingerprint density at radius 3 is 2.30 bits per heavy atom. The summed E-state index contributed by atoms with van der Waals surface area (Å²) in [5.74, 6) is -3.62. The van der Waals surface area contributed by atoms with E-state index >= 15 is 0 Å². The highest BCUT2D eigenvalue weighted by molar-refractivity contribution is 5.38. The first-order valence-electron chi connectivity index (χ1n) is 2.43. The standard InChI is InChI=1S/C6H3F3N/c7-3-1-5(9)6(10)2-4(3)8/h2H,10H2. The number of halogens is 3. The largest absolute Gasteiger partial charge is 0.396 e. The van der Waals surface area contributed by atoms with Crippen LogP contribution in [-0.4, -0.2) is 0 Å². The summed E-state index contributed by atoms with van der Waals surface area (Å²) in [4.78, 5) is 0. The van der Waals surface area contributed by atoms with Crippen LogP contribution in [0.15, 0.2) is 6.07 Å². The summed E-state index contributed by atoms with van der Waals surface area (Å²) in [5.41, 5.74) is 4.43. The van der Waals surface area contributed by atoms with Crippen LogP contribution in [0.4, 0.5) is 18.9 Å². The Bertz CT molecular complexity index is 209. The summed E-state index contributed by atoms with van der Waals surface area (Å²) in [6.07, 6.45) is 0. The fourth-order valence-corrected chi connectivity index (χ4v) is 0.491. The molecule has 0 aliphatic carbocycles. The molecule has 4 heteroatoms. The molecule has 0 atom stereocenters. The van der Waals surface area contributed by atoms with Gasteiger partial charge in [-0.3, -0.25) is 0 Å². The van der Waals surface area contributed by atoms with Crippen LogP contribution in [-0.2, 0) is 0 Å². The molecule has 1 aromatic rings. The lowest BCUT2D eigenvalue weighted by Crippen LogP contribution is -1.94. The molecule has 1 radical (unpaired) electrons. The van der Waals surface area contributed by atoms with E-state index in [2.05, 4.69) is 0 Å². The first-order chi connectivity index (χ1) is 4.61. The van der Waals surface area contributed by atoms with Gasteiger partial charge in [-0.1, -0.05) is 0 Å². The van der Waals surface area contributed by atoms with Crippen molar-refractivity contribution < 1.29 is 13.2 Å². The fourth-order valence-electron chi connectivity index (χ4n) is 0.491. The second-order valence-corrected chi connectivity index (χ2v) is 1.70. The molecule has 0 saturated carbocycles. The third kappa shape index (κ3) is 1.05. The maximum absolute atomic E-state index is 12.2. The van der Waals surface area contributed by atoms with Crippen LogP contribution >= 0.6 is 0 Å². The first kappa shape index (κ1) is 6.92. The van der Waals surface area contributed by atoms with Crippen LogP contribution in [0.25, 0.3) is 0 Å². The topological polar surface area (TPSA) is 26.0 Å². The van der Waals surface area contributed by atoms with Crippen molar-refractivity contribution in [2.45, 2.75) is 0 Å². The molecule has 2 N–H and O–H groups in total. The fraction of sp³-hybridized carbons (Fsp3) is 0. The van der Waals surface area contributed by atoms with Crippen molar-refractivity contribution in [1.82, 2.24) is 0 Å². The third-order valence-corrected chi connectivity index (χ3v) is 0.965. The average Bonchev–Trinajstić information content (AvgIpc) is 1.84. The van der Waals surface area contributed by atoms with Crippen molar-refractivity contribution in [2.75, 3.05) is 5.73 Å². The quantitative estimate of drug-likeness (QED) is 0.435. The van der Waals surface area contributed by atoms with E-state index in [4.69, 9.17) is 5.73 Å². The van der Waals surface area contributed by atoms with Gasteiger partial charge in [0.05, 0.1) is 11.8 Å². The monoisotopic (exact) mass is 146 g/mol. The molecule has 0 amide bonds. The minimum absolute atomic E-state index is 0.445. The minimum Gasteiger partial charge on any atom is -0.396 e. The van der Waals surface area contributed by atoms with Crippen LogP contribution in [0, 0.1) is 23.5 Å². The Balaban J connectivity index is 3.28. The van der Waals surface area contributed by atoms with Crippen molar-refractivity contribution in [3.05, 3.63) is 29.6 Å². The van der Waals surface area contributed by atoms with E-state index in [1.165, 1.54) is 6.07 Å². The summed E-state index contributed by atoms with van der Waals surface area (Å²) < 4.78 is 36.3. The van der Waals surface area contributed by atoms with Crippen molar-refractivity contribution in [3.63, 3.8) is 0 Å². The second-order valence-electron chi connectivity index (χ2n) is 1.70. The molecular formula is C6H3F3N. The highest BCUT2D eigenvalue weighted by Crippen LogP contribution is 2.13. The van der Waals surface area contributed by atoms with Gasteiger partial charge in [-0.2, -0.15) is 0 Å². The van der Waals surface area contributed by atoms with E-state index < -0.39 is 23.1 Å². The first-order valence-corrected chi connectivity index (χ1v) is 2.43. The predicted octanol–water partition coefficient (Wildman–Crippen LogP) is 1.49. The number of rotatable bonds is 0. The highest BCUT2D eigenvalue weighted by atomic mass is 19.2. The van der Waals surface area contributed by atoms with Crippen molar-refractivity contribution in [3.8, 4) is 0 Å². The van der Waals surface area contributed by atoms with E-state index in [0.29, 0.717) is 6.07 Å². The van der Waals surface area contributed by atoms with Gasteiger partial charge in [0, 0.05) is 6.07 Å². The summed E-state index contributed by atoms with van der Waals surface area (Å²) in [5, 5.41) is 0. The number of benzene rings is 1. The maximum atomic E-state index is 12.2. The lowest BCUT2D eigenvalue weighted by atomic mass is 10.3. The Kier molecular flexibility index (Phi) is 1.53. The lowest BCUT2D eigenvalue weighted by molar-refractivity contribution is 0.494. The molecular weight excluding hydrogens is 143 g/mol. The molecule has 0 heterocycles. The summed E-state index contributed by atoms with van der Waals surface area (Å²) in [6.45, 7) is 0. The Labute approximate surface area is 55.3 Å². The number of hydrogen-bond donors (Lipinski definition) is 1. The van der Waals surface area contributed by atoms with Crippen molar-refractivity contribution >= 4 is 5.69 Å². The smallest absolute Gasteiger partial charge is 0.169 e. The van der Waals surface area contributed by atoms with Gasteiger partial charge in [0.15, 0.2) is 17.5 Å². The average molecular weight is 146 g/mol. The molecule has 0 bridgehead atoms. The normalized spacial score (nSPS) is 9.90. The zero-order chi connectivity index (χ0) is 7.72. The zero-order valence-electron chi connectivity index (χ0n) is 4.79. The Hall–Kier alpha value is -1.19. The van der Waals surface area contributed by atoms with Gasteiger partial charge in [0.2, 0.25) is 0 Å². The van der Waals surface area contributed by atoms with Gasteiger partial charge in [-0.25, -0.2) is 13.2 Å². The molecule has 1 nitrogen and oxygen atoms in total. The van der Waals surface area contributed by atoms with E-state index in [1.807, 2.05) is 0 Å². The molecule has 0 aliphatic heterocycles. The molecule has 10 heavy (non-hydrogen) atoms. The lowest BCUT2D eigenvalue weighted by Gasteiger charge is -1.95. The second kappa shape index (κ2) is 2.21. The van der Waals surface area contributed by atoms with Crippen LogP contribution < -0.4 is 5.73 Å².